The summed E-state index contributed by atoms with van der Waals surface area (Å²) < 4.78 is 0. The first kappa shape index (κ1) is 15.4. The SMILES string of the molecule is CC(NC1CCCCCC1C)c1ccc(N(C)C)cc1. The van der Waals surface area contributed by atoms with Crippen molar-refractivity contribution in [3.8, 4) is 0 Å². The Balaban J connectivity index is 1.97. The molecule has 1 aliphatic rings. The average Bonchev–Trinajstić information content (AvgIpc) is 2.64. The van der Waals surface area contributed by atoms with Crippen LogP contribution < -0.4 is 10.2 Å². The van der Waals surface area contributed by atoms with Crippen LogP contribution in [-0.4, -0.2) is 20.1 Å². The predicted octanol–water partition coefficient (Wildman–Crippen LogP) is 4.37. The molecule has 1 fully saturated rings. The maximum atomic E-state index is 3.86. The van der Waals surface area contributed by atoms with Crippen LogP contribution in [0.3, 0.4) is 0 Å². The van der Waals surface area contributed by atoms with Gasteiger partial charge in [-0.15, -0.1) is 0 Å². The van der Waals surface area contributed by atoms with Crippen molar-refractivity contribution in [1.82, 2.24) is 5.32 Å². The van der Waals surface area contributed by atoms with Crippen molar-refractivity contribution < 1.29 is 0 Å². The predicted molar refractivity (Wildman–Crippen MR) is 88.4 cm³/mol. The molecule has 0 bridgehead atoms. The van der Waals surface area contributed by atoms with Gasteiger partial charge < -0.3 is 10.2 Å². The molecule has 1 aromatic rings. The number of nitrogens with zero attached hydrogens (tertiary/aromatic N) is 1. The van der Waals surface area contributed by atoms with Gasteiger partial charge in [-0.3, -0.25) is 0 Å². The first-order chi connectivity index (χ1) is 9.58. The molecule has 112 valence electrons. The van der Waals surface area contributed by atoms with Crippen molar-refractivity contribution in [2.45, 2.75) is 58.0 Å². The van der Waals surface area contributed by atoms with Crippen molar-refractivity contribution in [3.05, 3.63) is 29.8 Å². The highest BCUT2D eigenvalue weighted by molar-refractivity contribution is 5.46. The molecule has 2 heteroatoms. The van der Waals surface area contributed by atoms with E-state index in [1.54, 1.807) is 0 Å². The highest BCUT2D eigenvalue weighted by Gasteiger charge is 2.21. The van der Waals surface area contributed by atoms with E-state index in [1.165, 1.54) is 43.4 Å². The summed E-state index contributed by atoms with van der Waals surface area (Å²) in [5.41, 5.74) is 2.66. The van der Waals surface area contributed by atoms with E-state index in [1.807, 2.05) is 0 Å². The summed E-state index contributed by atoms with van der Waals surface area (Å²) in [6.45, 7) is 4.70. The molecule has 0 heterocycles. The second kappa shape index (κ2) is 7.12. The van der Waals surface area contributed by atoms with E-state index in [2.05, 4.69) is 62.4 Å². The minimum atomic E-state index is 0.441. The summed E-state index contributed by atoms with van der Waals surface area (Å²) in [6.07, 6.45) is 6.92. The quantitative estimate of drug-likeness (QED) is 0.820. The van der Waals surface area contributed by atoms with Crippen molar-refractivity contribution in [1.29, 1.82) is 0 Å². The summed E-state index contributed by atoms with van der Waals surface area (Å²) >= 11 is 0. The molecule has 2 nitrogen and oxygen atoms in total. The monoisotopic (exact) mass is 274 g/mol. The third-order valence-corrected chi connectivity index (χ3v) is 4.74. The van der Waals surface area contributed by atoms with Gasteiger partial charge >= 0.3 is 0 Å². The molecule has 1 N–H and O–H groups in total. The molecular formula is C18H30N2. The van der Waals surface area contributed by atoms with E-state index in [4.69, 9.17) is 0 Å². The van der Waals surface area contributed by atoms with Crippen LogP contribution in [0.4, 0.5) is 5.69 Å². The second-order valence-corrected chi connectivity index (χ2v) is 6.60. The molecule has 0 aromatic heterocycles. The molecule has 0 radical (unpaired) electrons. The molecule has 3 atom stereocenters. The Kier molecular flexibility index (Phi) is 5.47. The summed E-state index contributed by atoms with van der Waals surface area (Å²) in [5, 5.41) is 3.86. The zero-order valence-corrected chi connectivity index (χ0v) is 13.5. The van der Waals surface area contributed by atoms with Crippen molar-refractivity contribution >= 4 is 5.69 Å². The molecule has 0 saturated heterocycles. The Bertz CT molecular complexity index is 396. The van der Waals surface area contributed by atoms with E-state index in [-0.39, 0.29) is 0 Å². The fourth-order valence-corrected chi connectivity index (χ4v) is 3.22. The summed E-state index contributed by atoms with van der Waals surface area (Å²) in [7, 11) is 4.17. The number of nitrogens with one attached hydrogen (secondary N) is 1. The minimum absolute atomic E-state index is 0.441. The van der Waals surface area contributed by atoms with Gasteiger partial charge in [-0.2, -0.15) is 0 Å². The van der Waals surface area contributed by atoms with Gasteiger partial charge in [0, 0.05) is 31.9 Å². The third kappa shape index (κ3) is 3.99. The Labute approximate surface area is 124 Å². The maximum absolute atomic E-state index is 3.86. The van der Waals surface area contributed by atoms with E-state index in [0.717, 1.165) is 5.92 Å². The van der Waals surface area contributed by atoms with Gasteiger partial charge in [0.1, 0.15) is 0 Å². The normalized spacial score (nSPS) is 25.0. The van der Waals surface area contributed by atoms with Gasteiger partial charge in [0.2, 0.25) is 0 Å². The topological polar surface area (TPSA) is 15.3 Å². The minimum Gasteiger partial charge on any atom is -0.378 e. The van der Waals surface area contributed by atoms with Gasteiger partial charge in [0.25, 0.3) is 0 Å². The van der Waals surface area contributed by atoms with Crippen LogP contribution in [0, 0.1) is 5.92 Å². The van der Waals surface area contributed by atoms with E-state index < -0.39 is 0 Å². The molecule has 1 saturated carbocycles. The maximum Gasteiger partial charge on any atom is 0.0361 e. The van der Waals surface area contributed by atoms with Gasteiger partial charge in [0.15, 0.2) is 0 Å². The lowest BCUT2D eigenvalue weighted by molar-refractivity contribution is 0.330. The van der Waals surface area contributed by atoms with Crippen LogP contribution in [0.2, 0.25) is 0 Å². The van der Waals surface area contributed by atoms with Crippen LogP contribution in [0.5, 0.6) is 0 Å². The summed E-state index contributed by atoms with van der Waals surface area (Å²) in [6, 6.07) is 10.1. The van der Waals surface area contributed by atoms with E-state index in [0.29, 0.717) is 12.1 Å². The Morgan fingerprint density at radius 2 is 1.70 bits per heavy atom. The van der Waals surface area contributed by atoms with Gasteiger partial charge in [-0.05, 0) is 43.4 Å². The number of hydrogen-bond acceptors (Lipinski definition) is 2. The van der Waals surface area contributed by atoms with Gasteiger partial charge in [0.05, 0.1) is 0 Å². The Hall–Kier alpha value is -1.02. The van der Waals surface area contributed by atoms with Crippen LogP contribution in [0.1, 0.15) is 57.6 Å². The average molecular weight is 274 g/mol. The lowest BCUT2D eigenvalue weighted by Crippen LogP contribution is -2.36. The van der Waals surface area contributed by atoms with Gasteiger partial charge in [-0.25, -0.2) is 0 Å². The van der Waals surface area contributed by atoms with Gasteiger partial charge in [-0.1, -0.05) is 38.3 Å². The van der Waals surface area contributed by atoms with E-state index >= 15 is 0 Å². The Morgan fingerprint density at radius 3 is 2.35 bits per heavy atom. The van der Waals surface area contributed by atoms with Crippen LogP contribution in [0.15, 0.2) is 24.3 Å². The zero-order valence-electron chi connectivity index (χ0n) is 13.5. The summed E-state index contributed by atoms with van der Waals surface area (Å²) in [4.78, 5) is 2.15. The standard InChI is InChI=1S/C18H30N2/c1-14-8-6-5-7-9-18(14)19-15(2)16-10-12-17(13-11-16)20(3)4/h10-15,18-19H,5-9H2,1-4H3. The first-order valence-electron chi connectivity index (χ1n) is 8.11. The van der Waals surface area contributed by atoms with Crippen molar-refractivity contribution in [2.24, 2.45) is 5.92 Å². The third-order valence-electron chi connectivity index (χ3n) is 4.74. The molecule has 0 amide bonds. The molecular weight excluding hydrogens is 244 g/mol. The lowest BCUT2D eigenvalue weighted by Gasteiger charge is -2.27. The van der Waals surface area contributed by atoms with Crippen molar-refractivity contribution in [3.63, 3.8) is 0 Å². The fourth-order valence-electron chi connectivity index (χ4n) is 3.22. The zero-order chi connectivity index (χ0) is 14.5. The molecule has 2 rings (SSSR count). The molecule has 3 unspecified atom stereocenters. The van der Waals surface area contributed by atoms with E-state index in [9.17, 15) is 0 Å². The number of rotatable bonds is 4. The summed E-state index contributed by atoms with van der Waals surface area (Å²) in [5.74, 6) is 0.806. The largest absolute Gasteiger partial charge is 0.378 e. The van der Waals surface area contributed by atoms with Crippen LogP contribution in [-0.2, 0) is 0 Å². The number of benzene rings is 1. The van der Waals surface area contributed by atoms with Crippen LogP contribution >= 0.6 is 0 Å². The molecule has 0 aliphatic heterocycles. The lowest BCUT2D eigenvalue weighted by atomic mass is 9.95. The van der Waals surface area contributed by atoms with Crippen molar-refractivity contribution in [2.75, 3.05) is 19.0 Å². The number of hydrogen-bond donors (Lipinski definition) is 1. The molecule has 1 aliphatic carbocycles. The highest BCUT2D eigenvalue weighted by atomic mass is 15.1. The van der Waals surface area contributed by atoms with Crippen LogP contribution in [0.25, 0.3) is 0 Å². The molecule has 1 aromatic carbocycles. The first-order valence-corrected chi connectivity index (χ1v) is 8.11. The smallest absolute Gasteiger partial charge is 0.0361 e. The number of anilines is 1. The highest BCUT2D eigenvalue weighted by Crippen LogP contribution is 2.26. The molecule has 20 heavy (non-hydrogen) atoms. The fraction of sp³-hybridized carbons (Fsp3) is 0.667. The molecule has 0 spiro atoms. The Morgan fingerprint density at radius 1 is 1.05 bits per heavy atom. The second-order valence-electron chi connectivity index (χ2n) is 6.60.